The van der Waals surface area contributed by atoms with Gasteiger partial charge in [-0.3, -0.25) is 9.36 Å². The monoisotopic (exact) mass is 560 g/mol. The summed E-state index contributed by atoms with van der Waals surface area (Å²) in [6.07, 6.45) is 1.70. The minimum atomic E-state index is -0.877. The van der Waals surface area contributed by atoms with E-state index in [-0.39, 0.29) is 29.2 Å². The number of aromatic nitrogens is 1. The van der Waals surface area contributed by atoms with Crippen molar-refractivity contribution in [3.05, 3.63) is 90.6 Å². The van der Waals surface area contributed by atoms with Gasteiger partial charge in [0.1, 0.15) is 17.5 Å². The molecule has 2 heterocycles. The van der Waals surface area contributed by atoms with Crippen LogP contribution in [0.1, 0.15) is 31.0 Å². The Bertz CT molecular complexity index is 1850. The van der Waals surface area contributed by atoms with Crippen LogP contribution in [-0.2, 0) is 9.53 Å². The fraction of sp³-hybridized carbons (Fsp3) is 0.233. The molecule has 1 unspecified atom stereocenters. The van der Waals surface area contributed by atoms with Crippen LogP contribution in [0.15, 0.2) is 69.6 Å². The second kappa shape index (κ2) is 10.9. The summed E-state index contributed by atoms with van der Waals surface area (Å²) in [5, 5.41) is 11.6. The third-order valence-corrected chi connectivity index (χ3v) is 7.73. The van der Waals surface area contributed by atoms with Crippen LogP contribution in [0, 0.1) is 0 Å². The second-order valence-corrected chi connectivity index (χ2v) is 10.0. The van der Waals surface area contributed by atoms with Gasteiger partial charge in [0, 0.05) is 5.56 Å². The number of aromatic hydroxyl groups is 1. The molecule has 1 aromatic heterocycles. The summed E-state index contributed by atoms with van der Waals surface area (Å²) in [5.41, 5.74) is 1.64. The standard InChI is InChI=1S/C30H28N2O7S/c1-6-39-29(35)25-16(2)31-30-32(28(34)24(40-30)14-17-7-11-21(33)23(13-17)38-5)27(25)26-20-15-19(36-3)10-8-18(20)9-12-22(26)37-4/h7-15,27,33H,6H2,1-5H3/b24-14-. The van der Waals surface area contributed by atoms with Gasteiger partial charge in [0.15, 0.2) is 16.3 Å². The molecule has 10 heteroatoms. The smallest absolute Gasteiger partial charge is 0.338 e. The van der Waals surface area contributed by atoms with Crippen LogP contribution in [-0.4, -0.2) is 43.6 Å². The van der Waals surface area contributed by atoms with E-state index in [1.165, 1.54) is 29.1 Å². The number of methoxy groups -OCH3 is 3. The molecule has 0 saturated carbocycles. The van der Waals surface area contributed by atoms with Crippen LogP contribution in [0.3, 0.4) is 0 Å². The number of allylic oxidation sites excluding steroid dienone is 1. The van der Waals surface area contributed by atoms with Crippen LogP contribution in [0.4, 0.5) is 0 Å². The number of carbonyl (C=O) groups is 1. The van der Waals surface area contributed by atoms with Gasteiger partial charge in [-0.15, -0.1) is 0 Å². The number of hydrogen-bond acceptors (Lipinski definition) is 9. The molecule has 40 heavy (non-hydrogen) atoms. The number of rotatable bonds is 7. The molecule has 1 atom stereocenters. The van der Waals surface area contributed by atoms with E-state index in [1.54, 1.807) is 46.3 Å². The van der Waals surface area contributed by atoms with Crippen LogP contribution in [0.25, 0.3) is 16.8 Å². The van der Waals surface area contributed by atoms with Gasteiger partial charge < -0.3 is 24.1 Å². The predicted molar refractivity (Wildman–Crippen MR) is 152 cm³/mol. The van der Waals surface area contributed by atoms with Crippen molar-refractivity contribution in [1.82, 2.24) is 4.57 Å². The van der Waals surface area contributed by atoms with E-state index in [1.807, 2.05) is 30.3 Å². The Morgan fingerprint density at radius 2 is 1.80 bits per heavy atom. The van der Waals surface area contributed by atoms with E-state index in [0.29, 0.717) is 37.7 Å². The minimum Gasteiger partial charge on any atom is -0.504 e. The van der Waals surface area contributed by atoms with Crippen molar-refractivity contribution in [3.63, 3.8) is 0 Å². The highest BCUT2D eigenvalue weighted by atomic mass is 32.1. The van der Waals surface area contributed by atoms with E-state index >= 15 is 0 Å². The summed E-state index contributed by atoms with van der Waals surface area (Å²) in [5.74, 6) is 0.839. The molecule has 206 valence electrons. The summed E-state index contributed by atoms with van der Waals surface area (Å²) in [6, 6.07) is 13.3. The fourth-order valence-electron chi connectivity index (χ4n) is 4.89. The van der Waals surface area contributed by atoms with E-state index in [9.17, 15) is 14.7 Å². The van der Waals surface area contributed by atoms with E-state index in [2.05, 4.69) is 4.99 Å². The number of fused-ring (bicyclic) bond motifs is 2. The molecule has 9 nitrogen and oxygen atoms in total. The lowest BCUT2D eigenvalue weighted by molar-refractivity contribution is -0.139. The van der Waals surface area contributed by atoms with Crippen LogP contribution >= 0.6 is 11.3 Å². The van der Waals surface area contributed by atoms with Gasteiger partial charge in [0.05, 0.1) is 43.7 Å². The largest absolute Gasteiger partial charge is 0.504 e. The van der Waals surface area contributed by atoms with E-state index in [4.69, 9.17) is 18.9 Å². The summed E-state index contributed by atoms with van der Waals surface area (Å²) in [7, 11) is 4.59. The van der Waals surface area contributed by atoms with Crippen LogP contribution < -0.4 is 29.1 Å². The molecule has 1 aliphatic rings. The molecule has 1 N–H and O–H groups in total. The number of thiazole rings is 1. The van der Waals surface area contributed by atoms with Crippen molar-refractivity contribution in [2.45, 2.75) is 19.9 Å². The van der Waals surface area contributed by atoms with Gasteiger partial charge in [0.2, 0.25) is 0 Å². The second-order valence-electron chi connectivity index (χ2n) is 9.00. The normalized spacial score (nSPS) is 15.0. The molecule has 0 radical (unpaired) electrons. The summed E-state index contributed by atoms with van der Waals surface area (Å²) in [6.45, 7) is 3.63. The number of esters is 1. The summed E-state index contributed by atoms with van der Waals surface area (Å²) in [4.78, 5) is 32.6. The Morgan fingerprint density at radius 1 is 1.05 bits per heavy atom. The molecule has 0 spiro atoms. The number of phenolic OH excluding ortho intramolecular Hbond substituents is 1. The SMILES string of the molecule is CCOC(=O)C1=C(C)N=c2s/c(=C\c3ccc(O)c(OC)c3)c(=O)n2C1c1c(OC)ccc2ccc(OC)cc12. The zero-order valence-electron chi connectivity index (χ0n) is 22.7. The fourth-order valence-corrected chi connectivity index (χ4v) is 5.94. The highest BCUT2D eigenvalue weighted by Crippen LogP contribution is 2.41. The van der Waals surface area contributed by atoms with Gasteiger partial charge in [0.25, 0.3) is 5.56 Å². The number of ether oxygens (including phenoxy) is 4. The van der Waals surface area contributed by atoms with Crippen molar-refractivity contribution < 1.29 is 28.8 Å². The molecule has 5 rings (SSSR count). The maximum atomic E-state index is 14.1. The van der Waals surface area contributed by atoms with E-state index in [0.717, 1.165) is 10.8 Å². The average Bonchev–Trinajstić information content (AvgIpc) is 3.26. The van der Waals surface area contributed by atoms with Crippen molar-refractivity contribution in [2.75, 3.05) is 27.9 Å². The molecule has 0 bridgehead atoms. The first kappa shape index (κ1) is 27.0. The van der Waals surface area contributed by atoms with Gasteiger partial charge in [-0.1, -0.05) is 29.5 Å². The van der Waals surface area contributed by atoms with Gasteiger partial charge >= 0.3 is 5.97 Å². The number of hydrogen-bond donors (Lipinski definition) is 1. The molecule has 0 aliphatic carbocycles. The van der Waals surface area contributed by atoms with Crippen molar-refractivity contribution in [2.24, 2.45) is 4.99 Å². The zero-order chi connectivity index (χ0) is 28.6. The number of carbonyl (C=O) groups excluding carboxylic acids is 1. The van der Waals surface area contributed by atoms with Gasteiger partial charge in [-0.2, -0.15) is 0 Å². The van der Waals surface area contributed by atoms with Crippen molar-refractivity contribution in [3.8, 4) is 23.0 Å². The molecule has 0 fully saturated rings. The first-order valence-electron chi connectivity index (χ1n) is 12.5. The molecule has 4 aromatic rings. The Hall–Kier alpha value is -4.57. The average molecular weight is 561 g/mol. The molecule has 0 saturated heterocycles. The first-order chi connectivity index (χ1) is 19.3. The Balaban J connectivity index is 1.85. The molecule has 1 aliphatic heterocycles. The maximum absolute atomic E-state index is 14.1. The quantitative estimate of drug-likeness (QED) is 0.344. The van der Waals surface area contributed by atoms with E-state index < -0.39 is 12.0 Å². The highest BCUT2D eigenvalue weighted by molar-refractivity contribution is 7.07. The zero-order valence-corrected chi connectivity index (χ0v) is 23.5. The van der Waals surface area contributed by atoms with Crippen molar-refractivity contribution in [1.29, 1.82) is 0 Å². The number of nitrogens with zero attached hydrogens (tertiary/aromatic N) is 2. The summed E-state index contributed by atoms with van der Waals surface area (Å²) >= 11 is 1.20. The first-order valence-corrected chi connectivity index (χ1v) is 13.3. The number of benzene rings is 3. The lowest BCUT2D eigenvalue weighted by Gasteiger charge is -2.27. The topological polar surface area (TPSA) is 109 Å². The molecule has 0 amide bonds. The highest BCUT2D eigenvalue weighted by Gasteiger charge is 2.36. The van der Waals surface area contributed by atoms with Crippen molar-refractivity contribution >= 4 is 34.2 Å². The van der Waals surface area contributed by atoms with Gasteiger partial charge in [-0.25, -0.2) is 9.79 Å². The van der Waals surface area contributed by atoms with Crippen LogP contribution in [0.2, 0.25) is 0 Å². The van der Waals surface area contributed by atoms with Gasteiger partial charge in [-0.05, 0) is 66.6 Å². The predicted octanol–water partition coefficient (Wildman–Crippen LogP) is 3.68. The third kappa shape index (κ3) is 4.60. The minimum absolute atomic E-state index is 0.00529. The summed E-state index contributed by atoms with van der Waals surface area (Å²) < 4.78 is 23.9. The molecular weight excluding hydrogens is 532 g/mol. The lowest BCUT2D eigenvalue weighted by Crippen LogP contribution is -2.40. The Labute approximate surface area is 233 Å². The lowest BCUT2D eigenvalue weighted by atomic mass is 9.90. The Kier molecular flexibility index (Phi) is 7.36. The molecular formula is C30H28N2O7S. The maximum Gasteiger partial charge on any atom is 0.338 e. The Morgan fingerprint density at radius 3 is 2.50 bits per heavy atom. The third-order valence-electron chi connectivity index (χ3n) is 6.74. The molecule has 3 aromatic carbocycles. The number of phenols is 1. The van der Waals surface area contributed by atoms with Crippen LogP contribution in [0.5, 0.6) is 23.0 Å².